The second-order valence-corrected chi connectivity index (χ2v) is 6.90. The quantitative estimate of drug-likeness (QED) is 0.849. The van der Waals surface area contributed by atoms with E-state index in [1.807, 2.05) is 16.7 Å². The molecule has 0 radical (unpaired) electrons. The molecule has 0 aromatic carbocycles. The fraction of sp³-hybridized carbons (Fsp3) is 0.667. The molecule has 0 saturated carbocycles. The van der Waals surface area contributed by atoms with Gasteiger partial charge >= 0.3 is 12.0 Å². The van der Waals surface area contributed by atoms with Crippen molar-refractivity contribution < 1.29 is 14.7 Å². The Bertz CT molecular complexity index is 557. The lowest BCUT2D eigenvalue weighted by Crippen LogP contribution is -2.57. The molecule has 2 aliphatic rings. The molecule has 21 heavy (non-hydrogen) atoms. The average Bonchev–Trinajstić information content (AvgIpc) is 2.86. The van der Waals surface area contributed by atoms with Crippen LogP contribution in [0.5, 0.6) is 0 Å². The summed E-state index contributed by atoms with van der Waals surface area (Å²) in [6, 6.07) is 0.0862. The molecule has 2 saturated heterocycles. The number of carboxylic acids is 1. The number of nitrogens with zero attached hydrogens (tertiary/aromatic N) is 5. The van der Waals surface area contributed by atoms with Crippen LogP contribution in [0.1, 0.15) is 23.5 Å². The molecule has 1 unspecified atom stereocenters. The van der Waals surface area contributed by atoms with Gasteiger partial charge < -0.3 is 14.9 Å². The number of thioether (sulfide) groups is 1. The second-order valence-electron chi connectivity index (χ2n) is 5.36. The van der Waals surface area contributed by atoms with Crippen LogP contribution >= 0.6 is 11.8 Å². The van der Waals surface area contributed by atoms with Crippen molar-refractivity contribution in [1.82, 2.24) is 24.8 Å². The third kappa shape index (κ3) is 2.82. The number of aromatic nitrogens is 3. The minimum absolute atomic E-state index is 0.0196. The Morgan fingerprint density at radius 3 is 2.71 bits per heavy atom. The van der Waals surface area contributed by atoms with E-state index in [4.69, 9.17) is 5.11 Å². The van der Waals surface area contributed by atoms with E-state index in [1.54, 1.807) is 4.90 Å². The summed E-state index contributed by atoms with van der Waals surface area (Å²) in [5.41, 5.74) is -0.0679. The molecular formula is C12H17N5O3S. The molecule has 9 heteroatoms. The second kappa shape index (κ2) is 5.55. The van der Waals surface area contributed by atoms with Crippen molar-refractivity contribution in [3.63, 3.8) is 0 Å². The van der Waals surface area contributed by atoms with Crippen LogP contribution < -0.4 is 0 Å². The van der Waals surface area contributed by atoms with Gasteiger partial charge in [0.05, 0.1) is 12.2 Å². The van der Waals surface area contributed by atoms with Crippen LogP contribution in [0.25, 0.3) is 0 Å². The summed E-state index contributed by atoms with van der Waals surface area (Å²) >= 11 is 1.89. The van der Waals surface area contributed by atoms with Crippen LogP contribution in [-0.2, 0) is 0 Å². The van der Waals surface area contributed by atoms with Gasteiger partial charge in [0.25, 0.3) is 0 Å². The van der Waals surface area contributed by atoms with E-state index in [0.717, 1.165) is 18.8 Å². The van der Waals surface area contributed by atoms with Crippen LogP contribution in [0, 0.1) is 0 Å². The Labute approximate surface area is 126 Å². The molecule has 0 spiro atoms. The minimum Gasteiger partial charge on any atom is -0.476 e. The third-order valence-corrected chi connectivity index (χ3v) is 4.88. The maximum absolute atomic E-state index is 12.3. The molecule has 3 rings (SSSR count). The van der Waals surface area contributed by atoms with Crippen molar-refractivity contribution in [2.45, 2.75) is 18.2 Å². The molecule has 2 aliphatic heterocycles. The Hall–Kier alpha value is -1.77. The SMILES string of the molecule is CC1CN(C(=O)N2CC(n3cc(C(=O)O)nn3)C2)CCS1. The lowest BCUT2D eigenvalue weighted by Gasteiger charge is -2.43. The zero-order valence-electron chi connectivity index (χ0n) is 11.7. The Balaban J connectivity index is 1.55. The number of hydrogen-bond acceptors (Lipinski definition) is 5. The number of rotatable bonds is 2. The van der Waals surface area contributed by atoms with Crippen molar-refractivity contribution in [2.75, 3.05) is 31.9 Å². The Morgan fingerprint density at radius 2 is 2.10 bits per heavy atom. The Morgan fingerprint density at radius 1 is 1.33 bits per heavy atom. The Kier molecular flexibility index (Phi) is 3.75. The lowest BCUT2D eigenvalue weighted by molar-refractivity contribution is 0.0689. The van der Waals surface area contributed by atoms with Crippen molar-refractivity contribution in [3.05, 3.63) is 11.9 Å². The molecule has 0 aliphatic carbocycles. The highest BCUT2D eigenvalue weighted by atomic mass is 32.2. The molecule has 3 heterocycles. The van der Waals surface area contributed by atoms with E-state index in [-0.39, 0.29) is 17.8 Å². The normalized spacial score (nSPS) is 23.0. The fourth-order valence-electron chi connectivity index (χ4n) is 2.52. The minimum atomic E-state index is -1.09. The summed E-state index contributed by atoms with van der Waals surface area (Å²) in [5.74, 6) is -0.108. The first-order valence-corrected chi connectivity index (χ1v) is 7.90. The van der Waals surface area contributed by atoms with Gasteiger partial charge in [-0.3, -0.25) is 0 Å². The van der Waals surface area contributed by atoms with Crippen LogP contribution in [-0.4, -0.2) is 79.1 Å². The smallest absolute Gasteiger partial charge is 0.358 e. The number of urea groups is 1. The van der Waals surface area contributed by atoms with Crippen molar-refractivity contribution in [3.8, 4) is 0 Å². The maximum Gasteiger partial charge on any atom is 0.358 e. The van der Waals surface area contributed by atoms with Gasteiger partial charge in [-0.25, -0.2) is 14.3 Å². The van der Waals surface area contributed by atoms with Crippen LogP contribution in [0.2, 0.25) is 0 Å². The molecule has 1 aromatic rings. The molecule has 1 aromatic heterocycles. The number of hydrogen-bond donors (Lipinski definition) is 1. The van der Waals surface area contributed by atoms with E-state index in [0.29, 0.717) is 18.3 Å². The zero-order valence-corrected chi connectivity index (χ0v) is 12.5. The molecule has 2 fully saturated rings. The summed E-state index contributed by atoms with van der Waals surface area (Å²) in [5, 5.41) is 16.7. The predicted molar refractivity (Wildman–Crippen MR) is 76.5 cm³/mol. The van der Waals surface area contributed by atoms with Gasteiger partial charge in [-0.05, 0) is 0 Å². The van der Waals surface area contributed by atoms with Gasteiger partial charge in [-0.1, -0.05) is 12.1 Å². The highest BCUT2D eigenvalue weighted by Crippen LogP contribution is 2.24. The topological polar surface area (TPSA) is 91.6 Å². The van der Waals surface area contributed by atoms with Gasteiger partial charge in [-0.15, -0.1) is 5.10 Å². The average molecular weight is 311 g/mol. The van der Waals surface area contributed by atoms with Gasteiger partial charge in [-0.2, -0.15) is 11.8 Å². The molecule has 2 amide bonds. The fourth-order valence-corrected chi connectivity index (χ4v) is 3.54. The largest absolute Gasteiger partial charge is 0.476 e. The summed E-state index contributed by atoms with van der Waals surface area (Å²) in [4.78, 5) is 26.7. The molecule has 0 bridgehead atoms. The van der Waals surface area contributed by atoms with E-state index < -0.39 is 5.97 Å². The van der Waals surface area contributed by atoms with Crippen LogP contribution in [0.15, 0.2) is 6.20 Å². The summed E-state index contributed by atoms with van der Waals surface area (Å²) in [7, 11) is 0. The first-order valence-electron chi connectivity index (χ1n) is 6.85. The highest BCUT2D eigenvalue weighted by molar-refractivity contribution is 7.99. The first kappa shape index (κ1) is 14.2. The summed E-state index contributed by atoms with van der Waals surface area (Å²) < 4.78 is 1.53. The molecule has 1 atom stereocenters. The van der Waals surface area contributed by atoms with Gasteiger partial charge in [0.2, 0.25) is 0 Å². The first-order chi connectivity index (χ1) is 10.0. The number of aromatic carboxylic acids is 1. The molecule has 114 valence electrons. The van der Waals surface area contributed by atoms with E-state index in [9.17, 15) is 9.59 Å². The van der Waals surface area contributed by atoms with Gasteiger partial charge in [0.1, 0.15) is 0 Å². The van der Waals surface area contributed by atoms with Crippen molar-refractivity contribution >= 4 is 23.8 Å². The van der Waals surface area contributed by atoms with E-state index in [2.05, 4.69) is 17.2 Å². The molecular weight excluding hydrogens is 294 g/mol. The van der Waals surface area contributed by atoms with Crippen molar-refractivity contribution in [2.24, 2.45) is 0 Å². The summed E-state index contributed by atoms with van der Waals surface area (Å²) in [6.07, 6.45) is 1.41. The lowest BCUT2D eigenvalue weighted by atomic mass is 10.1. The van der Waals surface area contributed by atoms with Gasteiger partial charge in [0, 0.05) is 37.2 Å². The number of amides is 2. The standard InChI is InChI=1S/C12H17N5O3S/c1-8-4-15(2-3-21-8)12(20)16-5-9(6-16)17-7-10(11(18)19)13-14-17/h7-9H,2-6H2,1H3,(H,18,19). The predicted octanol–water partition coefficient (Wildman–Crippen LogP) is 0.390. The molecule has 8 nitrogen and oxygen atoms in total. The van der Waals surface area contributed by atoms with Gasteiger partial charge in [0.15, 0.2) is 5.69 Å². The van der Waals surface area contributed by atoms with E-state index >= 15 is 0 Å². The molecule has 1 N–H and O–H groups in total. The number of carbonyl (C=O) groups is 2. The number of carbonyl (C=O) groups excluding carboxylic acids is 1. The number of likely N-dealkylation sites (tertiary alicyclic amines) is 1. The maximum atomic E-state index is 12.3. The van der Waals surface area contributed by atoms with Crippen LogP contribution in [0.3, 0.4) is 0 Å². The van der Waals surface area contributed by atoms with Crippen LogP contribution in [0.4, 0.5) is 4.79 Å². The van der Waals surface area contributed by atoms with Crippen molar-refractivity contribution in [1.29, 1.82) is 0 Å². The van der Waals surface area contributed by atoms with E-state index in [1.165, 1.54) is 10.9 Å². The zero-order chi connectivity index (χ0) is 15.0. The number of carboxylic acid groups (broad SMARTS) is 1. The monoisotopic (exact) mass is 311 g/mol. The highest BCUT2D eigenvalue weighted by Gasteiger charge is 2.36. The summed E-state index contributed by atoms with van der Waals surface area (Å²) in [6.45, 7) is 4.82. The third-order valence-electron chi connectivity index (χ3n) is 3.75.